The molecule has 1 aromatic rings. The van der Waals surface area contributed by atoms with Crippen molar-refractivity contribution in [2.45, 2.75) is 32.5 Å². The number of hydrogen-bond acceptors (Lipinski definition) is 2. The van der Waals surface area contributed by atoms with Gasteiger partial charge in [0.2, 0.25) is 0 Å². The number of H-pyrrole nitrogens is 1. The molecule has 0 saturated carbocycles. The second kappa shape index (κ2) is 4.12. The Morgan fingerprint density at radius 3 is 2.64 bits per heavy atom. The third-order valence-corrected chi connectivity index (χ3v) is 2.10. The topological polar surface area (TPSA) is 33.6 Å². The van der Waals surface area contributed by atoms with E-state index in [2.05, 4.69) is 10.2 Å². The number of aryl methyl sites for hydroxylation is 1. The maximum absolute atomic E-state index is 11.9. The van der Waals surface area contributed by atoms with Gasteiger partial charge in [0.1, 0.15) is 5.82 Å². The van der Waals surface area contributed by atoms with E-state index in [0.29, 0.717) is 17.1 Å². The number of halogens is 3. The summed E-state index contributed by atoms with van der Waals surface area (Å²) in [5.74, 6) is 0.356. The van der Waals surface area contributed by atoms with Crippen molar-refractivity contribution in [2.24, 2.45) is 0 Å². The predicted octanol–water partition coefficient (Wildman–Crippen LogP) is 2.46. The number of nitrogens with zero attached hydrogens (tertiary/aromatic N) is 2. The molecule has 0 aliphatic carbocycles. The van der Waals surface area contributed by atoms with Crippen LogP contribution in [0.4, 0.5) is 13.2 Å². The Kier molecular flexibility index (Phi) is 3.30. The molecule has 1 heterocycles. The third-order valence-electron chi connectivity index (χ3n) is 1.79. The molecule has 0 bridgehead atoms. The van der Waals surface area contributed by atoms with Gasteiger partial charge in [0, 0.05) is 13.0 Å². The van der Waals surface area contributed by atoms with E-state index in [1.54, 1.807) is 4.57 Å². The van der Waals surface area contributed by atoms with Crippen molar-refractivity contribution in [1.29, 1.82) is 0 Å². The Morgan fingerprint density at radius 1 is 1.50 bits per heavy atom. The van der Waals surface area contributed by atoms with Crippen molar-refractivity contribution < 1.29 is 13.2 Å². The standard InChI is InChI=1S/C7H10F3N3S/c1-2-13-5(11-12-6(13)14)3-4-7(8,9)10/h2-4H2,1H3,(H,12,14). The summed E-state index contributed by atoms with van der Waals surface area (Å²) in [6.07, 6.45) is -5.15. The fraction of sp³-hybridized carbons (Fsp3) is 0.714. The molecule has 0 aliphatic rings. The molecular formula is C7H10F3N3S. The monoisotopic (exact) mass is 225 g/mol. The lowest BCUT2D eigenvalue weighted by Gasteiger charge is -2.06. The van der Waals surface area contributed by atoms with E-state index in [1.807, 2.05) is 6.92 Å². The number of alkyl halides is 3. The van der Waals surface area contributed by atoms with Crippen LogP contribution >= 0.6 is 12.2 Å². The summed E-state index contributed by atoms with van der Waals surface area (Å²) in [6.45, 7) is 2.34. The van der Waals surface area contributed by atoms with Crippen molar-refractivity contribution in [1.82, 2.24) is 14.8 Å². The van der Waals surface area contributed by atoms with E-state index >= 15 is 0 Å². The van der Waals surface area contributed by atoms with Crippen LogP contribution in [0.2, 0.25) is 0 Å². The summed E-state index contributed by atoms with van der Waals surface area (Å²) in [6, 6.07) is 0. The molecule has 14 heavy (non-hydrogen) atoms. The Labute approximate surface area is 83.9 Å². The molecular weight excluding hydrogens is 215 g/mol. The van der Waals surface area contributed by atoms with Crippen LogP contribution in [0.25, 0.3) is 0 Å². The molecule has 0 amide bonds. The molecule has 0 aromatic carbocycles. The highest BCUT2D eigenvalue weighted by atomic mass is 32.1. The van der Waals surface area contributed by atoms with E-state index in [9.17, 15) is 13.2 Å². The number of aromatic amines is 1. The first kappa shape index (κ1) is 11.2. The lowest BCUT2D eigenvalue weighted by Crippen LogP contribution is -2.11. The molecule has 3 nitrogen and oxygen atoms in total. The van der Waals surface area contributed by atoms with Crippen LogP contribution in [0.1, 0.15) is 19.2 Å². The van der Waals surface area contributed by atoms with Crippen LogP contribution in [-0.2, 0) is 13.0 Å². The Morgan fingerprint density at radius 2 is 2.14 bits per heavy atom. The summed E-state index contributed by atoms with van der Waals surface area (Å²) < 4.78 is 37.7. The van der Waals surface area contributed by atoms with Crippen molar-refractivity contribution >= 4 is 12.2 Å². The normalized spacial score (nSPS) is 12.0. The Bertz CT molecular complexity index is 352. The van der Waals surface area contributed by atoms with Crippen molar-refractivity contribution in [3.8, 4) is 0 Å². The Balaban J connectivity index is 2.72. The first-order chi connectivity index (χ1) is 6.44. The lowest BCUT2D eigenvalue weighted by molar-refractivity contribution is -0.134. The first-order valence-electron chi connectivity index (χ1n) is 4.15. The maximum Gasteiger partial charge on any atom is 0.389 e. The average Bonchev–Trinajstić information content (AvgIpc) is 2.41. The highest BCUT2D eigenvalue weighted by Crippen LogP contribution is 2.21. The van der Waals surface area contributed by atoms with E-state index < -0.39 is 12.6 Å². The van der Waals surface area contributed by atoms with Gasteiger partial charge < -0.3 is 4.57 Å². The molecule has 1 aromatic heterocycles. The number of nitrogens with one attached hydrogen (secondary N) is 1. The molecule has 0 unspecified atom stereocenters. The third kappa shape index (κ3) is 2.83. The Hall–Kier alpha value is -0.850. The van der Waals surface area contributed by atoms with Crippen LogP contribution in [0.5, 0.6) is 0 Å². The first-order valence-corrected chi connectivity index (χ1v) is 4.55. The van der Waals surface area contributed by atoms with Crippen molar-refractivity contribution in [3.63, 3.8) is 0 Å². The fourth-order valence-electron chi connectivity index (χ4n) is 1.12. The summed E-state index contributed by atoms with van der Waals surface area (Å²) in [7, 11) is 0. The van der Waals surface area contributed by atoms with Crippen molar-refractivity contribution in [3.05, 3.63) is 10.6 Å². The molecule has 80 valence electrons. The molecule has 0 radical (unpaired) electrons. The van der Waals surface area contributed by atoms with Gasteiger partial charge in [-0.3, -0.25) is 5.10 Å². The van der Waals surface area contributed by atoms with Crippen LogP contribution < -0.4 is 0 Å². The van der Waals surface area contributed by atoms with Gasteiger partial charge in [-0.2, -0.15) is 18.3 Å². The van der Waals surface area contributed by atoms with Gasteiger partial charge in [-0.25, -0.2) is 0 Å². The van der Waals surface area contributed by atoms with Gasteiger partial charge in [0.15, 0.2) is 4.77 Å². The van der Waals surface area contributed by atoms with Gasteiger partial charge >= 0.3 is 6.18 Å². The van der Waals surface area contributed by atoms with Crippen LogP contribution in [0.3, 0.4) is 0 Å². The molecule has 7 heteroatoms. The van der Waals surface area contributed by atoms with E-state index in [0.717, 1.165) is 0 Å². The number of hydrogen-bond donors (Lipinski definition) is 1. The van der Waals surface area contributed by atoms with Crippen LogP contribution in [-0.4, -0.2) is 20.9 Å². The second-order valence-electron chi connectivity index (χ2n) is 2.80. The minimum Gasteiger partial charge on any atom is -0.304 e. The molecule has 0 fully saturated rings. The highest BCUT2D eigenvalue weighted by molar-refractivity contribution is 7.71. The minimum atomic E-state index is -4.15. The SMILES string of the molecule is CCn1c(CCC(F)(F)F)n[nH]c1=S. The van der Waals surface area contributed by atoms with Gasteiger partial charge in [-0.15, -0.1) is 0 Å². The average molecular weight is 225 g/mol. The fourth-order valence-corrected chi connectivity index (χ4v) is 1.40. The summed E-state index contributed by atoms with van der Waals surface area (Å²) in [5.41, 5.74) is 0. The molecule has 0 spiro atoms. The van der Waals surface area contributed by atoms with Gasteiger partial charge in [-0.1, -0.05) is 0 Å². The van der Waals surface area contributed by atoms with Gasteiger partial charge in [-0.05, 0) is 19.1 Å². The molecule has 0 saturated heterocycles. The minimum absolute atomic E-state index is 0.134. The lowest BCUT2D eigenvalue weighted by atomic mass is 10.3. The molecule has 1 rings (SSSR count). The second-order valence-corrected chi connectivity index (χ2v) is 3.19. The smallest absolute Gasteiger partial charge is 0.304 e. The summed E-state index contributed by atoms with van der Waals surface area (Å²) in [4.78, 5) is 0. The summed E-state index contributed by atoms with van der Waals surface area (Å²) >= 11 is 4.84. The van der Waals surface area contributed by atoms with Crippen LogP contribution in [0.15, 0.2) is 0 Å². The number of rotatable bonds is 3. The van der Waals surface area contributed by atoms with Gasteiger partial charge in [0.05, 0.1) is 6.42 Å². The van der Waals surface area contributed by atoms with Gasteiger partial charge in [0.25, 0.3) is 0 Å². The van der Waals surface area contributed by atoms with Crippen molar-refractivity contribution in [2.75, 3.05) is 0 Å². The van der Waals surface area contributed by atoms with E-state index in [-0.39, 0.29) is 6.42 Å². The summed E-state index contributed by atoms with van der Waals surface area (Å²) in [5, 5.41) is 6.21. The molecule has 0 aliphatic heterocycles. The quantitative estimate of drug-likeness (QED) is 0.802. The van der Waals surface area contributed by atoms with E-state index in [1.165, 1.54) is 0 Å². The van der Waals surface area contributed by atoms with Crippen LogP contribution in [0, 0.1) is 4.77 Å². The zero-order valence-electron chi connectivity index (χ0n) is 7.56. The largest absolute Gasteiger partial charge is 0.389 e. The molecule has 1 N–H and O–H groups in total. The number of aromatic nitrogens is 3. The highest BCUT2D eigenvalue weighted by Gasteiger charge is 2.27. The molecule has 0 atom stereocenters. The zero-order chi connectivity index (χ0) is 10.8. The predicted molar refractivity (Wildman–Crippen MR) is 47.5 cm³/mol. The maximum atomic E-state index is 11.9. The zero-order valence-corrected chi connectivity index (χ0v) is 8.37. The van der Waals surface area contributed by atoms with E-state index in [4.69, 9.17) is 12.2 Å².